The van der Waals surface area contributed by atoms with Gasteiger partial charge in [-0.2, -0.15) is 0 Å². The van der Waals surface area contributed by atoms with Crippen molar-refractivity contribution in [2.24, 2.45) is 4.99 Å². The van der Waals surface area contributed by atoms with E-state index in [0.29, 0.717) is 32.3 Å². The fraction of sp³-hybridized carbons (Fsp3) is 0.400. The zero-order chi connectivity index (χ0) is 20.2. The summed E-state index contributed by atoms with van der Waals surface area (Å²) in [6, 6.07) is 11.9. The highest BCUT2D eigenvalue weighted by Gasteiger charge is 2.05. The van der Waals surface area contributed by atoms with Crippen LogP contribution >= 0.6 is 35.3 Å². The summed E-state index contributed by atoms with van der Waals surface area (Å²) >= 11 is 1.67. The van der Waals surface area contributed by atoms with Gasteiger partial charge in [0.15, 0.2) is 5.96 Å². The van der Waals surface area contributed by atoms with Crippen molar-refractivity contribution in [2.75, 3.05) is 40.9 Å². The number of rotatable bonds is 10. The van der Waals surface area contributed by atoms with E-state index in [2.05, 4.69) is 21.7 Å². The molecule has 2 rings (SSSR count). The van der Waals surface area contributed by atoms with Gasteiger partial charge in [-0.25, -0.2) is 4.99 Å². The Morgan fingerprint density at radius 2 is 1.93 bits per heavy atom. The lowest BCUT2D eigenvalue weighted by atomic mass is 10.2. The molecule has 0 radical (unpaired) electrons. The number of ether oxygens (including phenoxy) is 2. The summed E-state index contributed by atoms with van der Waals surface area (Å²) in [4.78, 5) is 18.9. The fourth-order valence-corrected chi connectivity index (χ4v) is 2.84. The Kier molecular flexibility index (Phi) is 12.3. The molecule has 0 saturated heterocycles. The zero-order valence-corrected chi connectivity index (χ0v) is 20.2. The minimum atomic E-state index is -0.0482. The molecule has 9 heteroatoms. The van der Waals surface area contributed by atoms with Gasteiger partial charge >= 0.3 is 0 Å². The molecule has 160 valence electrons. The SMILES string of the molecule is COc1ccc(COCCNC(=NCC(=O)N(C)C)NCc2cccs2)cc1.I. The van der Waals surface area contributed by atoms with E-state index in [-0.39, 0.29) is 36.4 Å². The van der Waals surface area contributed by atoms with Crippen molar-refractivity contribution in [2.45, 2.75) is 13.2 Å². The molecule has 1 aromatic heterocycles. The minimum absolute atomic E-state index is 0. The first kappa shape index (κ1) is 25.2. The molecule has 2 N–H and O–H groups in total. The largest absolute Gasteiger partial charge is 0.497 e. The quantitative estimate of drug-likeness (QED) is 0.213. The number of aliphatic imine (C=N–C) groups is 1. The van der Waals surface area contributed by atoms with Gasteiger partial charge in [-0.05, 0) is 29.1 Å². The van der Waals surface area contributed by atoms with E-state index in [1.165, 1.54) is 9.78 Å². The Labute approximate surface area is 193 Å². The first-order valence-corrected chi connectivity index (χ1v) is 9.92. The number of nitrogens with zero attached hydrogens (tertiary/aromatic N) is 2. The summed E-state index contributed by atoms with van der Waals surface area (Å²) in [5.74, 6) is 1.37. The molecular weight excluding hydrogens is 503 g/mol. The van der Waals surface area contributed by atoms with E-state index in [1.807, 2.05) is 35.7 Å². The van der Waals surface area contributed by atoms with Crippen LogP contribution in [0.1, 0.15) is 10.4 Å². The lowest BCUT2D eigenvalue weighted by Gasteiger charge is -2.13. The first-order chi connectivity index (χ1) is 13.6. The van der Waals surface area contributed by atoms with Crippen LogP contribution in [0.25, 0.3) is 0 Å². The van der Waals surface area contributed by atoms with Crippen LogP contribution in [0.15, 0.2) is 46.8 Å². The second-order valence-corrected chi connectivity index (χ2v) is 7.25. The summed E-state index contributed by atoms with van der Waals surface area (Å²) in [6.07, 6.45) is 0. The summed E-state index contributed by atoms with van der Waals surface area (Å²) in [5, 5.41) is 8.49. The molecular formula is C20H29IN4O3S. The standard InChI is InChI=1S/C20H28N4O3S.HI/c1-24(2)19(25)14-23-20(22-13-18-5-4-12-28-18)21-10-11-27-15-16-6-8-17(26-3)9-7-16;/h4-9,12H,10-11,13-15H2,1-3H3,(H2,21,22,23);1H. The Hall–Kier alpha value is -1.85. The molecule has 29 heavy (non-hydrogen) atoms. The molecule has 0 fully saturated rings. The second-order valence-electron chi connectivity index (χ2n) is 6.21. The maximum atomic E-state index is 11.8. The third-order valence-electron chi connectivity index (χ3n) is 3.85. The maximum absolute atomic E-state index is 11.8. The number of halogens is 1. The van der Waals surface area contributed by atoms with Crippen LogP contribution in [0.5, 0.6) is 5.75 Å². The predicted molar refractivity (Wildman–Crippen MR) is 128 cm³/mol. The molecule has 0 aliphatic rings. The number of guanidine groups is 1. The van der Waals surface area contributed by atoms with Gasteiger partial charge in [0, 0.05) is 25.5 Å². The van der Waals surface area contributed by atoms with Gasteiger partial charge < -0.3 is 25.0 Å². The average Bonchev–Trinajstić information content (AvgIpc) is 3.23. The van der Waals surface area contributed by atoms with Gasteiger partial charge in [-0.3, -0.25) is 4.79 Å². The van der Waals surface area contributed by atoms with Crippen molar-refractivity contribution in [3.05, 3.63) is 52.2 Å². The zero-order valence-electron chi connectivity index (χ0n) is 17.0. The summed E-state index contributed by atoms with van der Waals surface area (Å²) < 4.78 is 10.8. The molecule has 0 spiro atoms. The molecule has 0 unspecified atom stereocenters. The fourth-order valence-electron chi connectivity index (χ4n) is 2.20. The van der Waals surface area contributed by atoms with Crippen molar-refractivity contribution in [1.82, 2.24) is 15.5 Å². The molecule has 1 heterocycles. The van der Waals surface area contributed by atoms with Crippen LogP contribution in [-0.4, -0.2) is 57.7 Å². The van der Waals surface area contributed by atoms with Crippen molar-refractivity contribution >= 4 is 47.2 Å². The van der Waals surface area contributed by atoms with Gasteiger partial charge in [0.25, 0.3) is 0 Å². The van der Waals surface area contributed by atoms with Gasteiger partial charge in [0.1, 0.15) is 12.3 Å². The van der Waals surface area contributed by atoms with E-state index in [0.717, 1.165) is 11.3 Å². The predicted octanol–water partition coefficient (Wildman–Crippen LogP) is 2.71. The molecule has 0 aliphatic carbocycles. The molecule has 0 atom stereocenters. The summed E-state index contributed by atoms with van der Waals surface area (Å²) in [6.45, 7) is 2.39. The van der Waals surface area contributed by atoms with Crippen molar-refractivity contribution in [1.29, 1.82) is 0 Å². The van der Waals surface area contributed by atoms with Crippen LogP contribution in [0, 0.1) is 0 Å². The van der Waals surface area contributed by atoms with Crippen molar-refractivity contribution < 1.29 is 14.3 Å². The van der Waals surface area contributed by atoms with Gasteiger partial charge in [-0.15, -0.1) is 35.3 Å². The number of thiophene rings is 1. The highest BCUT2D eigenvalue weighted by atomic mass is 127. The van der Waals surface area contributed by atoms with E-state index in [9.17, 15) is 4.79 Å². The number of nitrogens with one attached hydrogen (secondary N) is 2. The lowest BCUT2D eigenvalue weighted by Crippen LogP contribution is -2.39. The Balaban J connectivity index is 0.00000420. The van der Waals surface area contributed by atoms with Gasteiger partial charge in [-0.1, -0.05) is 18.2 Å². The lowest BCUT2D eigenvalue weighted by molar-refractivity contribution is -0.127. The van der Waals surface area contributed by atoms with Crippen LogP contribution in [0.2, 0.25) is 0 Å². The number of likely N-dealkylation sites (N-methyl/N-ethyl adjacent to an activating group) is 1. The average molecular weight is 532 g/mol. The molecule has 0 aliphatic heterocycles. The van der Waals surface area contributed by atoms with Crippen molar-refractivity contribution in [3.8, 4) is 5.75 Å². The summed E-state index contributed by atoms with van der Waals surface area (Å²) in [5.41, 5.74) is 1.09. The van der Waals surface area contributed by atoms with Gasteiger partial charge in [0.05, 0.1) is 26.9 Å². The normalized spacial score (nSPS) is 10.8. The topological polar surface area (TPSA) is 75.2 Å². The first-order valence-electron chi connectivity index (χ1n) is 9.04. The number of hydrogen-bond acceptors (Lipinski definition) is 5. The van der Waals surface area contributed by atoms with E-state index in [4.69, 9.17) is 9.47 Å². The van der Waals surface area contributed by atoms with Gasteiger partial charge in [0.2, 0.25) is 5.91 Å². The number of hydrogen-bond donors (Lipinski definition) is 2. The molecule has 1 aromatic carbocycles. The third-order valence-corrected chi connectivity index (χ3v) is 4.72. The number of benzene rings is 1. The van der Waals surface area contributed by atoms with E-state index < -0.39 is 0 Å². The maximum Gasteiger partial charge on any atom is 0.243 e. The molecule has 0 saturated carbocycles. The van der Waals surface area contributed by atoms with E-state index in [1.54, 1.807) is 32.5 Å². The van der Waals surface area contributed by atoms with Crippen LogP contribution in [-0.2, 0) is 22.7 Å². The minimum Gasteiger partial charge on any atom is -0.497 e. The highest BCUT2D eigenvalue weighted by molar-refractivity contribution is 14.0. The monoisotopic (exact) mass is 532 g/mol. The number of carbonyl (C=O) groups excluding carboxylic acids is 1. The number of carbonyl (C=O) groups is 1. The number of amides is 1. The molecule has 7 nitrogen and oxygen atoms in total. The van der Waals surface area contributed by atoms with E-state index >= 15 is 0 Å². The Morgan fingerprint density at radius 1 is 1.17 bits per heavy atom. The molecule has 2 aromatic rings. The summed E-state index contributed by atoms with van der Waals surface area (Å²) in [7, 11) is 5.09. The van der Waals surface area contributed by atoms with Crippen LogP contribution in [0.3, 0.4) is 0 Å². The Bertz CT molecular complexity index is 737. The number of methoxy groups -OCH3 is 1. The van der Waals surface area contributed by atoms with Crippen LogP contribution in [0.4, 0.5) is 0 Å². The van der Waals surface area contributed by atoms with Crippen molar-refractivity contribution in [3.63, 3.8) is 0 Å². The second kappa shape index (κ2) is 14.2. The Morgan fingerprint density at radius 3 is 2.55 bits per heavy atom. The third kappa shape index (κ3) is 9.95. The molecule has 1 amide bonds. The highest BCUT2D eigenvalue weighted by Crippen LogP contribution is 2.11. The smallest absolute Gasteiger partial charge is 0.243 e. The molecule has 0 bridgehead atoms. The van der Waals surface area contributed by atoms with Crippen LogP contribution < -0.4 is 15.4 Å².